The van der Waals surface area contributed by atoms with Crippen LogP contribution in [0.2, 0.25) is 0 Å². The van der Waals surface area contributed by atoms with E-state index in [1.165, 1.54) is 12.5 Å². The minimum absolute atomic E-state index is 0.0141. The zero-order chi connectivity index (χ0) is 21.9. The Labute approximate surface area is 183 Å². The normalized spacial score (nSPS) is 10.6. The van der Waals surface area contributed by atoms with Crippen molar-refractivity contribution in [3.05, 3.63) is 78.0 Å². The van der Waals surface area contributed by atoms with Crippen LogP contribution in [0.3, 0.4) is 0 Å². The van der Waals surface area contributed by atoms with E-state index in [4.69, 9.17) is 5.10 Å². The summed E-state index contributed by atoms with van der Waals surface area (Å²) in [5.74, 6) is 0.0223. The van der Waals surface area contributed by atoms with E-state index in [9.17, 15) is 9.59 Å². The predicted octanol–water partition coefficient (Wildman–Crippen LogP) is 3.91. The highest BCUT2D eigenvalue weighted by Crippen LogP contribution is 2.22. The number of hydrogen-bond donors (Lipinski definition) is 2. The minimum atomic E-state index is -0.0141. The van der Waals surface area contributed by atoms with Crippen molar-refractivity contribution in [3.8, 4) is 11.3 Å². The van der Waals surface area contributed by atoms with E-state index in [1.54, 1.807) is 0 Å². The third-order valence-electron chi connectivity index (χ3n) is 5.00. The molecular formula is C25H30N4O2. The van der Waals surface area contributed by atoms with Crippen molar-refractivity contribution in [2.24, 2.45) is 0 Å². The van der Waals surface area contributed by atoms with Crippen LogP contribution in [0.15, 0.2) is 66.9 Å². The Morgan fingerprint density at radius 2 is 1.61 bits per heavy atom. The number of carbonyl (C=O) groups excluding carboxylic acids is 2. The highest BCUT2D eigenvalue weighted by Gasteiger charge is 2.12. The minimum Gasteiger partial charge on any atom is -0.356 e. The van der Waals surface area contributed by atoms with Gasteiger partial charge in [-0.25, -0.2) is 0 Å². The van der Waals surface area contributed by atoms with Crippen LogP contribution in [-0.2, 0) is 22.7 Å². The number of hydrogen-bond acceptors (Lipinski definition) is 3. The molecule has 3 rings (SSSR count). The Kier molecular flexibility index (Phi) is 8.40. The molecule has 6 heteroatoms. The number of benzene rings is 2. The molecule has 0 atom stereocenters. The molecule has 3 aromatic rings. The summed E-state index contributed by atoms with van der Waals surface area (Å²) in [7, 11) is 0. The second kappa shape index (κ2) is 11.7. The van der Waals surface area contributed by atoms with Gasteiger partial charge in [0, 0.05) is 43.8 Å². The van der Waals surface area contributed by atoms with Crippen LogP contribution in [0.25, 0.3) is 11.3 Å². The molecule has 0 fully saturated rings. The van der Waals surface area contributed by atoms with Gasteiger partial charge >= 0.3 is 0 Å². The van der Waals surface area contributed by atoms with Gasteiger partial charge in [0.2, 0.25) is 11.8 Å². The first-order valence-corrected chi connectivity index (χ1v) is 10.8. The van der Waals surface area contributed by atoms with Gasteiger partial charge in [0.05, 0.1) is 12.2 Å². The Balaban J connectivity index is 1.57. The number of rotatable bonds is 11. The summed E-state index contributed by atoms with van der Waals surface area (Å²) in [5, 5.41) is 10.6. The second-order valence-corrected chi connectivity index (χ2v) is 7.62. The lowest BCUT2D eigenvalue weighted by Crippen LogP contribution is -2.23. The maximum absolute atomic E-state index is 12.3. The molecule has 2 N–H and O–H groups in total. The van der Waals surface area contributed by atoms with Crippen LogP contribution >= 0.6 is 0 Å². The third-order valence-corrected chi connectivity index (χ3v) is 5.00. The molecule has 0 unspecified atom stereocenters. The summed E-state index contributed by atoms with van der Waals surface area (Å²) >= 11 is 0. The Morgan fingerprint density at radius 3 is 2.32 bits per heavy atom. The van der Waals surface area contributed by atoms with Crippen molar-refractivity contribution in [3.63, 3.8) is 0 Å². The summed E-state index contributed by atoms with van der Waals surface area (Å²) in [6, 6.07) is 20.3. The van der Waals surface area contributed by atoms with Crippen molar-refractivity contribution in [2.45, 2.75) is 45.7 Å². The molecule has 0 saturated heterocycles. The zero-order valence-electron chi connectivity index (χ0n) is 18.0. The molecule has 0 aliphatic rings. The van der Waals surface area contributed by atoms with Crippen molar-refractivity contribution >= 4 is 11.8 Å². The molecule has 0 aliphatic carbocycles. The molecule has 2 amide bonds. The molecule has 0 aliphatic heterocycles. The molecule has 0 saturated carbocycles. The fourth-order valence-corrected chi connectivity index (χ4v) is 3.42. The maximum Gasteiger partial charge on any atom is 0.220 e. The first-order valence-electron chi connectivity index (χ1n) is 10.8. The van der Waals surface area contributed by atoms with Gasteiger partial charge in [-0.15, -0.1) is 0 Å². The molecule has 162 valence electrons. The number of nitrogens with one attached hydrogen (secondary N) is 2. The number of carbonyl (C=O) groups is 2. The predicted molar refractivity (Wildman–Crippen MR) is 122 cm³/mol. The quantitative estimate of drug-likeness (QED) is 0.464. The van der Waals surface area contributed by atoms with E-state index in [0.29, 0.717) is 26.1 Å². The van der Waals surface area contributed by atoms with E-state index in [0.717, 1.165) is 36.1 Å². The van der Waals surface area contributed by atoms with Gasteiger partial charge in [-0.1, -0.05) is 67.1 Å². The average Bonchev–Trinajstić information content (AvgIpc) is 3.18. The summed E-state index contributed by atoms with van der Waals surface area (Å²) in [5.41, 5.74) is 4.12. The lowest BCUT2D eigenvalue weighted by Gasteiger charge is -2.06. The number of aromatic nitrogens is 2. The summed E-state index contributed by atoms with van der Waals surface area (Å²) < 4.78 is 1.93. The largest absolute Gasteiger partial charge is 0.356 e. The lowest BCUT2D eigenvalue weighted by molar-refractivity contribution is -0.121. The molecule has 2 aromatic carbocycles. The van der Waals surface area contributed by atoms with Crippen molar-refractivity contribution in [1.29, 1.82) is 0 Å². The van der Waals surface area contributed by atoms with Crippen LogP contribution in [0.1, 0.15) is 43.7 Å². The van der Waals surface area contributed by atoms with Gasteiger partial charge in [0.15, 0.2) is 0 Å². The van der Waals surface area contributed by atoms with Crippen molar-refractivity contribution < 1.29 is 9.59 Å². The Bertz CT molecular complexity index is 968. The fraction of sp³-hybridized carbons (Fsp3) is 0.320. The highest BCUT2D eigenvalue weighted by atomic mass is 16.2. The highest BCUT2D eigenvalue weighted by molar-refractivity contribution is 5.76. The maximum atomic E-state index is 12.3. The third kappa shape index (κ3) is 7.41. The van der Waals surface area contributed by atoms with E-state index in [-0.39, 0.29) is 11.8 Å². The molecular weight excluding hydrogens is 388 g/mol. The van der Waals surface area contributed by atoms with Crippen LogP contribution in [0.5, 0.6) is 0 Å². The van der Waals surface area contributed by atoms with Crippen LogP contribution in [0.4, 0.5) is 0 Å². The summed E-state index contributed by atoms with van der Waals surface area (Å²) in [4.78, 5) is 23.2. The zero-order valence-corrected chi connectivity index (χ0v) is 18.0. The SMILES string of the molecule is CC(=O)NCCCCCC(=O)NCc1cn(Cc2ccccc2)nc1-c1ccccc1. The van der Waals surface area contributed by atoms with Gasteiger partial charge < -0.3 is 10.6 Å². The standard InChI is InChI=1S/C25H30N4O2/c1-20(30)26-16-10-4-9-15-24(31)27-17-23-19-29(18-21-11-5-2-6-12-21)28-25(23)22-13-7-3-8-14-22/h2-3,5-8,11-14,19H,4,9-10,15-18H2,1H3,(H,26,30)(H,27,31). The molecule has 1 aromatic heterocycles. The first-order chi connectivity index (χ1) is 15.1. The van der Waals surface area contributed by atoms with Crippen molar-refractivity contribution in [2.75, 3.05) is 6.54 Å². The van der Waals surface area contributed by atoms with Crippen LogP contribution in [-0.4, -0.2) is 28.1 Å². The number of unbranched alkanes of at least 4 members (excludes halogenated alkanes) is 2. The van der Waals surface area contributed by atoms with E-state index >= 15 is 0 Å². The smallest absolute Gasteiger partial charge is 0.220 e. The van der Waals surface area contributed by atoms with Crippen LogP contribution in [0, 0.1) is 0 Å². The lowest BCUT2D eigenvalue weighted by atomic mass is 10.1. The second-order valence-electron chi connectivity index (χ2n) is 7.62. The molecule has 6 nitrogen and oxygen atoms in total. The Hall–Kier alpha value is -3.41. The van der Waals surface area contributed by atoms with E-state index in [1.807, 2.05) is 59.4 Å². The molecule has 0 bridgehead atoms. The summed E-state index contributed by atoms with van der Waals surface area (Å²) in [6.07, 6.45) is 5.11. The monoisotopic (exact) mass is 418 g/mol. The molecule has 0 spiro atoms. The van der Waals surface area contributed by atoms with Gasteiger partial charge in [0.1, 0.15) is 0 Å². The average molecular weight is 419 g/mol. The first kappa shape index (κ1) is 22.3. The molecule has 1 heterocycles. The number of amides is 2. The van der Waals surface area contributed by atoms with Gasteiger partial charge in [-0.3, -0.25) is 14.3 Å². The van der Waals surface area contributed by atoms with Crippen LogP contribution < -0.4 is 10.6 Å². The molecule has 0 radical (unpaired) electrons. The van der Waals surface area contributed by atoms with Gasteiger partial charge in [-0.2, -0.15) is 5.10 Å². The topological polar surface area (TPSA) is 76.0 Å². The summed E-state index contributed by atoms with van der Waals surface area (Å²) in [6.45, 7) is 3.31. The van der Waals surface area contributed by atoms with Gasteiger partial charge in [0.25, 0.3) is 0 Å². The van der Waals surface area contributed by atoms with E-state index < -0.39 is 0 Å². The van der Waals surface area contributed by atoms with Gasteiger partial charge in [-0.05, 0) is 18.4 Å². The molecule has 31 heavy (non-hydrogen) atoms. The van der Waals surface area contributed by atoms with E-state index in [2.05, 4.69) is 22.8 Å². The Morgan fingerprint density at radius 1 is 0.903 bits per heavy atom. The number of nitrogens with zero attached hydrogens (tertiary/aromatic N) is 2. The van der Waals surface area contributed by atoms with Crippen molar-refractivity contribution in [1.82, 2.24) is 20.4 Å². The fourth-order valence-electron chi connectivity index (χ4n) is 3.42.